The van der Waals surface area contributed by atoms with Crippen molar-refractivity contribution in [2.45, 2.75) is 50.4 Å². The van der Waals surface area contributed by atoms with E-state index < -0.39 is 60.2 Å². The Morgan fingerprint density at radius 2 is 1.61 bits per heavy atom. The third-order valence-electron chi connectivity index (χ3n) is 5.41. The number of amides is 4. The monoisotopic (exact) mass is 520 g/mol. The molecule has 0 saturated carbocycles. The SMILES string of the molecule is CSCCC(NC(=O)C(C)N)C(=O)NC(Cc1c[nH]c2ccccc12)C(=O)NC(CC(N)=O)C(=O)O. The van der Waals surface area contributed by atoms with Crippen molar-refractivity contribution in [3.8, 4) is 0 Å². The zero-order chi connectivity index (χ0) is 26.8. The number of thioether (sulfide) groups is 1. The molecule has 0 fully saturated rings. The van der Waals surface area contributed by atoms with E-state index in [-0.39, 0.29) is 12.8 Å². The first-order chi connectivity index (χ1) is 17.0. The molecule has 1 aromatic carbocycles. The predicted molar refractivity (Wildman–Crippen MR) is 136 cm³/mol. The molecule has 0 aliphatic heterocycles. The summed E-state index contributed by atoms with van der Waals surface area (Å²) in [7, 11) is 0. The molecule has 2 aromatic rings. The van der Waals surface area contributed by atoms with Gasteiger partial charge < -0.3 is 37.5 Å². The normalized spacial score (nSPS) is 14.3. The number of carbonyl (C=O) groups excluding carboxylic acids is 4. The van der Waals surface area contributed by atoms with E-state index in [1.165, 1.54) is 18.7 Å². The van der Waals surface area contributed by atoms with Gasteiger partial charge in [0.2, 0.25) is 23.6 Å². The molecule has 0 radical (unpaired) electrons. The van der Waals surface area contributed by atoms with Gasteiger partial charge in [0.15, 0.2) is 0 Å². The fraction of sp³-hybridized carbons (Fsp3) is 0.435. The van der Waals surface area contributed by atoms with Crippen LogP contribution in [0.15, 0.2) is 30.5 Å². The zero-order valence-corrected chi connectivity index (χ0v) is 20.9. The largest absolute Gasteiger partial charge is 0.480 e. The van der Waals surface area contributed by atoms with Gasteiger partial charge in [-0.15, -0.1) is 0 Å². The molecule has 0 aliphatic carbocycles. The van der Waals surface area contributed by atoms with Gasteiger partial charge in [0, 0.05) is 23.5 Å². The Kier molecular flexibility index (Phi) is 10.7. The van der Waals surface area contributed by atoms with Gasteiger partial charge in [0.25, 0.3) is 0 Å². The second kappa shape index (κ2) is 13.5. The third kappa shape index (κ3) is 8.27. The smallest absolute Gasteiger partial charge is 0.326 e. The van der Waals surface area contributed by atoms with Crippen LogP contribution in [0.5, 0.6) is 0 Å². The standard InChI is InChI=1S/C23H32N6O6S/c1-12(24)20(31)27-16(7-8-36-2)21(32)28-17(22(33)29-18(23(34)35)10-19(25)30)9-13-11-26-15-6-4-3-5-14(13)15/h3-6,11-12,16-18,26H,7-10,24H2,1-2H3,(H2,25,30)(H,27,31)(H,28,32)(H,29,33)(H,34,35). The van der Waals surface area contributed by atoms with E-state index in [0.29, 0.717) is 11.3 Å². The lowest BCUT2D eigenvalue weighted by Crippen LogP contribution is -2.57. The summed E-state index contributed by atoms with van der Waals surface area (Å²) in [5.74, 6) is -3.77. The Bertz CT molecular complexity index is 1100. The molecule has 0 spiro atoms. The summed E-state index contributed by atoms with van der Waals surface area (Å²) in [5, 5.41) is 17.7. The van der Waals surface area contributed by atoms with Gasteiger partial charge in [-0.25, -0.2) is 4.79 Å². The molecule has 0 bridgehead atoms. The molecule has 0 aliphatic rings. The number of nitrogens with two attached hydrogens (primary N) is 2. The number of aromatic amines is 1. The number of para-hydroxylation sites is 1. The number of nitrogens with one attached hydrogen (secondary N) is 4. The number of primary amides is 1. The van der Waals surface area contributed by atoms with Crippen LogP contribution >= 0.6 is 11.8 Å². The molecule has 196 valence electrons. The van der Waals surface area contributed by atoms with Gasteiger partial charge in [-0.05, 0) is 37.0 Å². The van der Waals surface area contributed by atoms with Gasteiger partial charge in [-0.2, -0.15) is 11.8 Å². The first-order valence-electron chi connectivity index (χ1n) is 11.2. The first-order valence-corrected chi connectivity index (χ1v) is 12.6. The number of carboxylic acid groups (broad SMARTS) is 1. The highest BCUT2D eigenvalue weighted by Crippen LogP contribution is 2.19. The van der Waals surface area contributed by atoms with Crippen LogP contribution in [0.3, 0.4) is 0 Å². The van der Waals surface area contributed by atoms with Crippen LogP contribution in [-0.4, -0.2) is 75.9 Å². The van der Waals surface area contributed by atoms with E-state index in [1.807, 2.05) is 30.5 Å². The Labute approximate surface area is 212 Å². The molecule has 1 aromatic heterocycles. The molecule has 4 unspecified atom stereocenters. The van der Waals surface area contributed by atoms with Crippen LogP contribution in [0.25, 0.3) is 10.9 Å². The molecule has 9 N–H and O–H groups in total. The van der Waals surface area contributed by atoms with Crippen LogP contribution in [0, 0.1) is 0 Å². The molecule has 12 nitrogen and oxygen atoms in total. The van der Waals surface area contributed by atoms with Crippen LogP contribution in [0.1, 0.15) is 25.3 Å². The number of fused-ring (bicyclic) bond motifs is 1. The number of carboxylic acids is 1. The molecule has 4 atom stereocenters. The van der Waals surface area contributed by atoms with E-state index in [1.54, 1.807) is 6.20 Å². The fourth-order valence-electron chi connectivity index (χ4n) is 3.48. The van der Waals surface area contributed by atoms with Crippen molar-refractivity contribution in [3.63, 3.8) is 0 Å². The number of aromatic nitrogens is 1. The van der Waals surface area contributed by atoms with Crippen molar-refractivity contribution in [1.29, 1.82) is 0 Å². The van der Waals surface area contributed by atoms with Crippen LogP contribution in [-0.2, 0) is 30.4 Å². The lowest BCUT2D eigenvalue weighted by atomic mass is 10.0. The van der Waals surface area contributed by atoms with Gasteiger partial charge in [-0.1, -0.05) is 18.2 Å². The van der Waals surface area contributed by atoms with Gasteiger partial charge in [0.1, 0.15) is 18.1 Å². The van der Waals surface area contributed by atoms with E-state index in [2.05, 4.69) is 20.9 Å². The summed E-state index contributed by atoms with van der Waals surface area (Å²) < 4.78 is 0. The Balaban J connectivity index is 2.32. The molecule has 1 heterocycles. The van der Waals surface area contributed by atoms with E-state index in [4.69, 9.17) is 11.5 Å². The molecule has 36 heavy (non-hydrogen) atoms. The van der Waals surface area contributed by atoms with Crippen LogP contribution < -0.4 is 27.4 Å². The van der Waals surface area contributed by atoms with Gasteiger partial charge in [0.05, 0.1) is 12.5 Å². The number of aliphatic carboxylic acids is 1. The lowest BCUT2D eigenvalue weighted by molar-refractivity contribution is -0.143. The predicted octanol–water partition coefficient (Wildman–Crippen LogP) is -0.775. The Hall–Kier alpha value is -3.58. The number of rotatable bonds is 14. The molecular formula is C23H32N6O6S. The maximum Gasteiger partial charge on any atom is 0.326 e. The number of carbonyl (C=O) groups is 5. The number of hydrogen-bond donors (Lipinski definition) is 7. The maximum absolute atomic E-state index is 13.2. The molecule has 0 saturated heterocycles. The summed E-state index contributed by atoms with van der Waals surface area (Å²) in [6, 6.07) is 2.77. The Morgan fingerprint density at radius 3 is 2.22 bits per heavy atom. The second-order valence-corrected chi connectivity index (χ2v) is 9.31. The minimum Gasteiger partial charge on any atom is -0.480 e. The second-order valence-electron chi connectivity index (χ2n) is 8.33. The summed E-state index contributed by atoms with van der Waals surface area (Å²) in [6.45, 7) is 1.48. The van der Waals surface area contributed by atoms with Crippen molar-refractivity contribution < 1.29 is 29.1 Å². The third-order valence-corrected chi connectivity index (χ3v) is 6.05. The molecule has 13 heteroatoms. The van der Waals surface area contributed by atoms with Crippen LogP contribution in [0.2, 0.25) is 0 Å². The van der Waals surface area contributed by atoms with Crippen molar-refractivity contribution in [3.05, 3.63) is 36.0 Å². The number of hydrogen-bond acceptors (Lipinski definition) is 7. The quantitative estimate of drug-likeness (QED) is 0.168. The highest BCUT2D eigenvalue weighted by Gasteiger charge is 2.31. The maximum atomic E-state index is 13.2. The molecular weight excluding hydrogens is 488 g/mol. The van der Waals surface area contributed by atoms with E-state index in [0.717, 1.165) is 10.9 Å². The Morgan fingerprint density at radius 1 is 1.00 bits per heavy atom. The average molecular weight is 521 g/mol. The van der Waals surface area contributed by atoms with Crippen LogP contribution in [0.4, 0.5) is 0 Å². The minimum atomic E-state index is -1.57. The summed E-state index contributed by atoms with van der Waals surface area (Å²) in [4.78, 5) is 64.4. The van der Waals surface area contributed by atoms with Crippen molar-refractivity contribution in [2.75, 3.05) is 12.0 Å². The minimum absolute atomic E-state index is 0.0149. The van der Waals surface area contributed by atoms with Gasteiger partial charge in [-0.3, -0.25) is 19.2 Å². The van der Waals surface area contributed by atoms with Crippen molar-refractivity contribution in [2.24, 2.45) is 11.5 Å². The van der Waals surface area contributed by atoms with Gasteiger partial charge >= 0.3 is 5.97 Å². The fourth-order valence-corrected chi connectivity index (χ4v) is 3.95. The highest BCUT2D eigenvalue weighted by molar-refractivity contribution is 7.98. The number of benzene rings is 1. The van der Waals surface area contributed by atoms with E-state index in [9.17, 15) is 29.1 Å². The van der Waals surface area contributed by atoms with E-state index >= 15 is 0 Å². The number of H-pyrrole nitrogens is 1. The summed E-state index contributed by atoms with van der Waals surface area (Å²) in [6.07, 6.45) is 3.22. The summed E-state index contributed by atoms with van der Waals surface area (Å²) >= 11 is 1.48. The van der Waals surface area contributed by atoms with Crippen molar-refractivity contribution in [1.82, 2.24) is 20.9 Å². The molecule has 2 rings (SSSR count). The molecule has 4 amide bonds. The highest BCUT2D eigenvalue weighted by atomic mass is 32.2. The zero-order valence-electron chi connectivity index (χ0n) is 20.1. The lowest BCUT2D eigenvalue weighted by Gasteiger charge is -2.24. The average Bonchev–Trinajstić information content (AvgIpc) is 3.22. The topological polar surface area (TPSA) is 209 Å². The van der Waals surface area contributed by atoms with Crippen molar-refractivity contribution >= 4 is 52.3 Å². The first kappa shape index (κ1) is 28.7. The summed E-state index contributed by atoms with van der Waals surface area (Å²) in [5.41, 5.74) is 12.3.